The van der Waals surface area contributed by atoms with E-state index in [1.807, 2.05) is 0 Å². The van der Waals surface area contributed by atoms with Crippen molar-refractivity contribution in [1.82, 2.24) is 5.32 Å². The highest BCUT2D eigenvalue weighted by Gasteiger charge is 2.43. The minimum atomic E-state index is 0.743. The molecule has 0 heterocycles. The van der Waals surface area contributed by atoms with Crippen LogP contribution in [0.25, 0.3) is 0 Å². The first-order valence-electron chi connectivity index (χ1n) is 6.08. The second-order valence-electron chi connectivity index (χ2n) is 4.98. The van der Waals surface area contributed by atoms with Crippen LogP contribution in [0.2, 0.25) is 0 Å². The molecule has 2 fully saturated rings. The summed E-state index contributed by atoms with van der Waals surface area (Å²) in [5.74, 6) is 1.07. The zero-order chi connectivity index (χ0) is 9.15. The molecular formula is C12H23N. The standard InChI is InChI=1S/C12H23N/c1-2-13-10-12(8-5-9-12)11-6-3-4-7-11/h11,13H,2-10H2,1H3. The van der Waals surface area contributed by atoms with Gasteiger partial charge in [-0.15, -0.1) is 0 Å². The Bertz CT molecular complexity index is 155. The predicted molar refractivity (Wildman–Crippen MR) is 56.8 cm³/mol. The van der Waals surface area contributed by atoms with Gasteiger partial charge in [-0.2, -0.15) is 0 Å². The lowest BCUT2D eigenvalue weighted by atomic mass is 9.60. The van der Waals surface area contributed by atoms with Crippen molar-refractivity contribution in [2.24, 2.45) is 11.3 Å². The molecule has 0 radical (unpaired) electrons. The Morgan fingerprint density at radius 1 is 1.15 bits per heavy atom. The van der Waals surface area contributed by atoms with Crippen molar-refractivity contribution in [3.05, 3.63) is 0 Å². The molecule has 0 amide bonds. The SMILES string of the molecule is CCNCC1(C2CCCC2)CCC1. The maximum absolute atomic E-state index is 3.57. The molecule has 2 saturated carbocycles. The fourth-order valence-corrected chi connectivity index (χ4v) is 3.27. The molecule has 0 atom stereocenters. The van der Waals surface area contributed by atoms with Crippen molar-refractivity contribution in [1.29, 1.82) is 0 Å². The normalized spacial score (nSPS) is 27.5. The Kier molecular flexibility index (Phi) is 2.92. The molecular weight excluding hydrogens is 158 g/mol. The molecule has 0 aromatic rings. The fraction of sp³-hybridized carbons (Fsp3) is 1.00. The summed E-state index contributed by atoms with van der Waals surface area (Å²) in [4.78, 5) is 0. The number of rotatable bonds is 4. The summed E-state index contributed by atoms with van der Waals surface area (Å²) in [6.07, 6.45) is 10.5. The van der Waals surface area contributed by atoms with Crippen LogP contribution in [0.5, 0.6) is 0 Å². The lowest BCUT2D eigenvalue weighted by Gasteiger charge is -2.47. The smallest absolute Gasteiger partial charge is 0.00103 e. The average Bonchev–Trinajstić information content (AvgIpc) is 2.56. The second-order valence-corrected chi connectivity index (χ2v) is 4.98. The first-order chi connectivity index (χ1) is 6.37. The van der Waals surface area contributed by atoms with Gasteiger partial charge in [-0.3, -0.25) is 0 Å². The summed E-state index contributed by atoms with van der Waals surface area (Å²) in [5.41, 5.74) is 0.743. The van der Waals surface area contributed by atoms with Gasteiger partial charge in [-0.1, -0.05) is 26.2 Å². The van der Waals surface area contributed by atoms with E-state index in [2.05, 4.69) is 12.2 Å². The van der Waals surface area contributed by atoms with Crippen LogP contribution in [-0.2, 0) is 0 Å². The molecule has 1 heteroatoms. The zero-order valence-corrected chi connectivity index (χ0v) is 8.94. The van der Waals surface area contributed by atoms with Crippen LogP contribution in [0.4, 0.5) is 0 Å². The summed E-state index contributed by atoms with van der Waals surface area (Å²) in [6.45, 7) is 4.67. The molecule has 0 aromatic carbocycles. The Morgan fingerprint density at radius 3 is 2.31 bits per heavy atom. The molecule has 13 heavy (non-hydrogen) atoms. The van der Waals surface area contributed by atoms with Crippen LogP contribution < -0.4 is 5.32 Å². The Hall–Kier alpha value is -0.0400. The molecule has 76 valence electrons. The third-order valence-corrected chi connectivity index (χ3v) is 4.30. The van der Waals surface area contributed by atoms with E-state index in [-0.39, 0.29) is 0 Å². The van der Waals surface area contributed by atoms with Gasteiger partial charge in [0.15, 0.2) is 0 Å². The van der Waals surface area contributed by atoms with Crippen LogP contribution >= 0.6 is 0 Å². The monoisotopic (exact) mass is 181 g/mol. The topological polar surface area (TPSA) is 12.0 Å². The van der Waals surface area contributed by atoms with Gasteiger partial charge in [0, 0.05) is 6.54 Å². The van der Waals surface area contributed by atoms with E-state index < -0.39 is 0 Å². The summed E-state index contributed by atoms with van der Waals surface area (Å²) in [5, 5.41) is 3.57. The Morgan fingerprint density at radius 2 is 1.85 bits per heavy atom. The third-order valence-electron chi connectivity index (χ3n) is 4.30. The molecule has 0 spiro atoms. The lowest BCUT2D eigenvalue weighted by molar-refractivity contribution is 0.0522. The molecule has 2 aliphatic rings. The molecule has 2 aliphatic carbocycles. The van der Waals surface area contributed by atoms with Crippen molar-refractivity contribution in [2.45, 2.75) is 51.9 Å². The average molecular weight is 181 g/mol. The molecule has 1 nitrogen and oxygen atoms in total. The molecule has 1 N–H and O–H groups in total. The molecule has 0 bridgehead atoms. The number of hydrogen-bond acceptors (Lipinski definition) is 1. The summed E-state index contributed by atoms with van der Waals surface area (Å²) >= 11 is 0. The van der Waals surface area contributed by atoms with Crippen molar-refractivity contribution in [3.8, 4) is 0 Å². The Labute approximate surface area is 82.3 Å². The van der Waals surface area contributed by atoms with E-state index in [4.69, 9.17) is 0 Å². The largest absolute Gasteiger partial charge is 0.316 e. The van der Waals surface area contributed by atoms with Crippen LogP contribution in [0.1, 0.15) is 51.9 Å². The van der Waals surface area contributed by atoms with Crippen molar-refractivity contribution < 1.29 is 0 Å². The van der Waals surface area contributed by atoms with Gasteiger partial charge < -0.3 is 5.32 Å². The third kappa shape index (κ3) is 1.76. The van der Waals surface area contributed by atoms with Crippen molar-refractivity contribution in [3.63, 3.8) is 0 Å². The van der Waals surface area contributed by atoms with Gasteiger partial charge in [-0.05, 0) is 43.6 Å². The van der Waals surface area contributed by atoms with E-state index in [0.29, 0.717) is 0 Å². The quantitative estimate of drug-likeness (QED) is 0.703. The van der Waals surface area contributed by atoms with Gasteiger partial charge in [0.25, 0.3) is 0 Å². The zero-order valence-electron chi connectivity index (χ0n) is 8.94. The first kappa shape index (κ1) is 9.51. The highest BCUT2D eigenvalue weighted by atomic mass is 14.9. The molecule has 2 rings (SSSR count). The van der Waals surface area contributed by atoms with Crippen LogP contribution in [-0.4, -0.2) is 13.1 Å². The minimum Gasteiger partial charge on any atom is -0.316 e. The van der Waals surface area contributed by atoms with E-state index in [0.717, 1.165) is 17.9 Å². The Balaban J connectivity index is 1.89. The first-order valence-corrected chi connectivity index (χ1v) is 6.08. The second kappa shape index (κ2) is 4.00. The van der Waals surface area contributed by atoms with Gasteiger partial charge in [0.2, 0.25) is 0 Å². The van der Waals surface area contributed by atoms with Gasteiger partial charge in [0.05, 0.1) is 0 Å². The lowest BCUT2D eigenvalue weighted by Crippen LogP contribution is -2.44. The predicted octanol–water partition coefficient (Wildman–Crippen LogP) is 2.96. The number of nitrogens with one attached hydrogen (secondary N) is 1. The van der Waals surface area contributed by atoms with E-state index >= 15 is 0 Å². The summed E-state index contributed by atoms with van der Waals surface area (Å²) < 4.78 is 0. The van der Waals surface area contributed by atoms with Crippen molar-refractivity contribution >= 4 is 0 Å². The minimum absolute atomic E-state index is 0.743. The van der Waals surface area contributed by atoms with Gasteiger partial charge in [-0.25, -0.2) is 0 Å². The molecule has 0 aliphatic heterocycles. The maximum Gasteiger partial charge on any atom is 0.00103 e. The summed E-state index contributed by atoms with van der Waals surface area (Å²) in [6, 6.07) is 0. The van der Waals surface area contributed by atoms with Gasteiger partial charge in [0.1, 0.15) is 0 Å². The number of hydrogen-bond donors (Lipinski definition) is 1. The summed E-state index contributed by atoms with van der Waals surface area (Å²) in [7, 11) is 0. The van der Waals surface area contributed by atoms with Crippen molar-refractivity contribution in [2.75, 3.05) is 13.1 Å². The maximum atomic E-state index is 3.57. The molecule has 0 unspecified atom stereocenters. The van der Waals surface area contributed by atoms with E-state index in [1.165, 1.54) is 51.5 Å². The van der Waals surface area contributed by atoms with E-state index in [1.54, 1.807) is 0 Å². The van der Waals surface area contributed by atoms with Crippen LogP contribution in [0.15, 0.2) is 0 Å². The molecule has 0 aromatic heterocycles. The van der Waals surface area contributed by atoms with Gasteiger partial charge >= 0.3 is 0 Å². The van der Waals surface area contributed by atoms with Crippen LogP contribution in [0, 0.1) is 11.3 Å². The fourth-order valence-electron chi connectivity index (χ4n) is 3.27. The highest BCUT2D eigenvalue weighted by molar-refractivity contribution is 4.96. The van der Waals surface area contributed by atoms with Crippen LogP contribution in [0.3, 0.4) is 0 Å². The highest BCUT2D eigenvalue weighted by Crippen LogP contribution is 2.52. The molecule has 0 saturated heterocycles. The van der Waals surface area contributed by atoms with E-state index in [9.17, 15) is 0 Å².